The molecule has 1 saturated heterocycles. The van der Waals surface area contributed by atoms with Gasteiger partial charge in [0.05, 0.1) is 17.2 Å². The number of rotatable bonds is 6. The van der Waals surface area contributed by atoms with Crippen LogP contribution in [0.3, 0.4) is 0 Å². The highest BCUT2D eigenvalue weighted by atomic mass is 35.5. The second kappa shape index (κ2) is 10.1. The summed E-state index contributed by atoms with van der Waals surface area (Å²) in [5.41, 5.74) is 3.57. The number of morpholine rings is 1. The van der Waals surface area contributed by atoms with Gasteiger partial charge in [-0.2, -0.15) is 5.10 Å². The van der Waals surface area contributed by atoms with Crippen molar-refractivity contribution in [2.45, 2.75) is 39.5 Å². The van der Waals surface area contributed by atoms with Gasteiger partial charge in [-0.05, 0) is 50.6 Å². The van der Waals surface area contributed by atoms with Crippen molar-refractivity contribution in [2.75, 3.05) is 13.2 Å². The van der Waals surface area contributed by atoms with E-state index in [9.17, 15) is 9.18 Å². The number of benzene rings is 2. The lowest BCUT2D eigenvalue weighted by atomic mass is 9.99. The molecule has 37 heavy (non-hydrogen) atoms. The van der Waals surface area contributed by atoms with Gasteiger partial charge in [0.2, 0.25) is 5.91 Å². The van der Waals surface area contributed by atoms with Crippen molar-refractivity contribution >= 4 is 28.4 Å². The minimum Gasteiger partial charge on any atom is -0.487 e. The van der Waals surface area contributed by atoms with E-state index in [1.54, 1.807) is 9.58 Å². The highest BCUT2D eigenvalue weighted by Gasteiger charge is 2.30. The molecule has 10 heteroatoms. The molecule has 192 valence electrons. The van der Waals surface area contributed by atoms with E-state index in [-0.39, 0.29) is 30.2 Å². The van der Waals surface area contributed by atoms with E-state index in [4.69, 9.17) is 26.1 Å². The number of aromatic nitrogens is 4. The number of carbonyl (C=O) groups is 1. The first kappa shape index (κ1) is 25.1. The monoisotopic (exact) mass is 523 g/mol. The molecule has 0 unspecified atom stereocenters. The van der Waals surface area contributed by atoms with Gasteiger partial charge in [0.25, 0.3) is 0 Å². The van der Waals surface area contributed by atoms with Crippen LogP contribution in [0.2, 0.25) is 5.02 Å². The summed E-state index contributed by atoms with van der Waals surface area (Å²) in [5.74, 6) is 0.650. The Balaban J connectivity index is 1.51. The fourth-order valence-electron chi connectivity index (χ4n) is 4.76. The molecule has 3 heterocycles. The molecule has 0 aliphatic carbocycles. The molecule has 8 nitrogen and oxygen atoms in total. The van der Waals surface area contributed by atoms with E-state index in [1.165, 1.54) is 18.5 Å². The quantitative estimate of drug-likeness (QED) is 0.353. The summed E-state index contributed by atoms with van der Waals surface area (Å²) in [6.45, 7) is 6.15. The third kappa shape index (κ3) is 4.89. The fourth-order valence-corrected chi connectivity index (χ4v) is 5.03. The molecule has 1 fully saturated rings. The van der Waals surface area contributed by atoms with E-state index < -0.39 is 11.9 Å². The van der Waals surface area contributed by atoms with Crippen molar-refractivity contribution in [3.8, 4) is 17.1 Å². The zero-order chi connectivity index (χ0) is 26.3. The van der Waals surface area contributed by atoms with Gasteiger partial charge in [-0.1, -0.05) is 23.7 Å². The third-order valence-corrected chi connectivity index (χ3v) is 6.97. The first-order valence-electron chi connectivity index (χ1n) is 12.0. The summed E-state index contributed by atoms with van der Waals surface area (Å²) in [5, 5.41) is 5.29. The molecule has 0 spiro atoms. The number of carbonyl (C=O) groups excluding carboxylic acids is 1. The average Bonchev–Trinajstić information content (AvgIpc) is 3.29. The molecule has 4 aromatic rings. The van der Waals surface area contributed by atoms with E-state index in [2.05, 4.69) is 10.1 Å². The van der Waals surface area contributed by atoms with Gasteiger partial charge >= 0.3 is 0 Å². The highest BCUT2D eigenvalue weighted by Crippen LogP contribution is 2.35. The second-order valence-corrected chi connectivity index (χ2v) is 9.67. The lowest BCUT2D eigenvalue weighted by Crippen LogP contribution is -2.46. The van der Waals surface area contributed by atoms with Crippen molar-refractivity contribution in [2.24, 2.45) is 7.05 Å². The van der Waals surface area contributed by atoms with Crippen LogP contribution in [0.15, 0.2) is 42.7 Å². The third-order valence-electron chi connectivity index (χ3n) is 6.63. The SMILES string of the molecule is Cc1cc(-c2ncnn2C)c2cccc(OCc3c(Cl)cc(F)cc3[C@H](C)N3C[C@@H](C)OCC3=O)c2n1. The van der Waals surface area contributed by atoms with Gasteiger partial charge in [0.15, 0.2) is 5.82 Å². The van der Waals surface area contributed by atoms with Crippen molar-refractivity contribution in [3.63, 3.8) is 0 Å². The molecule has 5 rings (SSSR count). The van der Waals surface area contributed by atoms with Gasteiger partial charge in [-0.15, -0.1) is 0 Å². The number of aryl methyl sites for hydroxylation is 2. The Kier molecular flexibility index (Phi) is 6.83. The second-order valence-electron chi connectivity index (χ2n) is 9.26. The first-order valence-corrected chi connectivity index (χ1v) is 12.4. The van der Waals surface area contributed by atoms with Crippen LogP contribution < -0.4 is 4.74 Å². The maximum Gasteiger partial charge on any atom is 0.249 e. The Morgan fingerprint density at radius 2 is 2.11 bits per heavy atom. The molecule has 0 N–H and O–H groups in total. The topological polar surface area (TPSA) is 82.4 Å². The zero-order valence-corrected chi connectivity index (χ0v) is 21.8. The number of nitrogens with zero attached hydrogens (tertiary/aromatic N) is 5. The van der Waals surface area contributed by atoms with Crippen molar-refractivity contribution in [3.05, 3.63) is 70.4 Å². The average molecular weight is 524 g/mol. The molecule has 1 aliphatic heterocycles. The number of fused-ring (bicyclic) bond motifs is 1. The maximum atomic E-state index is 14.5. The van der Waals surface area contributed by atoms with E-state index in [0.717, 1.165) is 22.5 Å². The van der Waals surface area contributed by atoms with Crippen molar-refractivity contribution in [1.82, 2.24) is 24.6 Å². The van der Waals surface area contributed by atoms with Crippen LogP contribution in [-0.2, 0) is 23.2 Å². The molecule has 1 amide bonds. The number of amides is 1. The van der Waals surface area contributed by atoms with Crippen LogP contribution >= 0.6 is 11.6 Å². The zero-order valence-electron chi connectivity index (χ0n) is 21.0. The van der Waals surface area contributed by atoms with E-state index in [0.29, 0.717) is 28.9 Å². The molecule has 0 saturated carbocycles. The minimum absolute atomic E-state index is 0.00470. The van der Waals surface area contributed by atoms with Crippen LogP contribution in [0.5, 0.6) is 5.75 Å². The first-order chi connectivity index (χ1) is 17.7. The Morgan fingerprint density at radius 1 is 1.30 bits per heavy atom. The smallest absolute Gasteiger partial charge is 0.249 e. The standard InChI is InChI=1S/C27H27ClFN5O3/c1-15-8-21(27-30-14-31-33(27)4)19-6-5-7-24(26(19)32-15)37-12-22-20(9-18(29)10-23(22)28)17(3)34-11-16(2)36-13-25(34)35/h5-10,14,16-17H,11-13H2,1-4H3/t16-,17+/m1/s1. The van der Waals surface area contributed by atoms with E-state index >= 15 is 0 Å². The molecular weight excluding hydrogens is 497 g/mol. The van der Waals surface area contributed by atoms with Gasteiger partial charge < -0.3 is 14.4 Å². The summed E-state index contributed by atoms with van der Waals surface area (Å²) < 4.78 is 27.9. The molecular formula is C27H27ClFN5O3. The highest BCUT2D eigenvalue weighted by molar-refractivity contribution is 6.31. The largest absolute Gasteiger partial charge is 0.487 e. The summed E-state index contributed by atoms with van der Waals surface area (Å²) >= 11 is 6.52. The normalized spacial score (nSPS) is 16.9. The number of halogens is 2. The van der Waals surface area contributed by atoms with Gasteiger partial charge in [0.1, 0.15) is 36.6 Å². The van der Waals surface area contributed by atoms with Crippen molar-refractivity contribution in [1.29, 1.82) is 0 Å². The maximum absolute atomic E-state index is 14.5. The van der Waals surface area contributed by atoms with Crippen LogP contribution in [0.25, 0.3) is 22.3 Å². The van der Waals surface area contributed by atoms with Gasteiger partial charge in [-0.25, -0.2) is 19.0 Å². The Bertz CT molecular complexity index is 1490. The molecule has 2 aromatic carbocycles. The molecule has 2 aromatic heterocycles. The minimum atomic E-state index is -0.472. The van der Waals surface area contributed by atoms with Crippen LogP contribution in [0.4, 0.5) is 4.39 Å². The summed E-state index contributed by atoms with van der Waals surface area (Å²) in [6.07, 6.45) is 1.40. The van der Waals surface area contributed by atoms with Gasteiger partial charge in [-0.3, -0.25) is 4.79 Å². The molecule has 1 aliphatic rings. The van der Waals surface area contributed by atoms with Crippen LogP contribution in [0, 0.1) is 12.7 Å². The van der Waals surface area contributed by atoms with Crippen LogP contribution in [0.1, 0.15) is 36.7 Å². The number of hydrogen-bond acceptors (Lipinski definition) is 6. The summed E-state index contributed by atoms with van der Waals surface area (Å²) in [7, 11) is 1.84. The van der Waals surface area contributed by atoms with Crippen LogP contribution in [-0.4, -0.2) is 49.8 Å². The predicted molar refractivity (Wildman–Crippen MR) is 138 cm³/mol. The molecule has 0 bridgehead atoms. The summed E-state index contributed by atoms with van der Waals surface area (Å²) in [6, 6.07) is 9.91. The van der Waals surface area contributed by atoms with Crippen molar-refractivity contribution < 1.29 is 18.7 Å². The number of ether oxygens (including phenoxy) is 2. The Labute approximate surface area is 219 Å². The lowest BCUT2D eigenvalue weighted by molar-refractivity contribution is -0.150. The number of hydrogen-bond donors (Lipinski definition) is 0. The molecule has 2 atom stereocenters. The lowest BCUT2D eigenvalue weighted by Gasteiger charge is -2.36. The van der Waals surface area contributed by atoms with Gasteiger partial charge in [0, 0.05) is 35.8 Å². The number of para-hydroxylation sites is 1. The fraction of sp³-hybridized carbons (Fsp3) is 0.333. The van der Waals surface area contributed by atoms with E-state index in [1.807, 2.05) is 52.1 Å². The number of pyridine rings is 1. The summed E-state index contributed by atoms with van der Waals surface area (Å²) in [4.78, 5) is 23.4. The predicted octanol–water partition coefficient (Wildman–Crippen LogP) is 5.02. The Hall–Kier alpha value is -3.56. The Morgan fingerprint density at radius 3 is 2.86 bits per heavy atom. The molecule has 0 radical (unpaired) electrons.